The Bertz CT molecular complexity index is 530. The highest BCUT2D eigenvalue weighted by Crippen LogP contribution is 2.24. The molecular formula is C12H17N5O4. The van der Waals surface area contributed by atoms with Gasteiger partial charge in [-0.15, -0.1) is 0 Å². The van der Waals surface area contributed by atoms with Crippen LogP contribution < -0.4 is 15.4 Å². The van der Waals surface area contributed by atoms with Crippen molar-refractivity contribution in [3.63, 3.8) is 0 Å². The first-order valence-electron chi connectivity index (χ1n) is 6.53. The summed E-state index contributed by atoms with van der Waals surface area (Å²) >= 11 is 0. The fraction of sp³-hybridized carbons (Fsp3) is 0.500. The molecule has 2 heterocycles. The molecule has 21 heavy (non-hydrogen) atoms. The fourth-order valence-corrected chi connectivity index (χ4v) is 2.01. The van der Waals surface area contributed by atoms with Gasteiger partial charge in [-0.25, -0.2) is 0 Å². The van der Waals surface area contributed by atoms with Crippen LogP contribution in [0.3, 0.4) is 0 Å². The van der Waals surface area contributed by atoms with Crippen molar-refractivity contribution in [2.75, 3.05) is 45.2 Å². The molecule has 114 valence electrons. The maximum absolute atomic E-state index is 12.0. The summed E-state index contributed by atoms with van der Waals surface area (Å²) in [6.07, 6.45) is 0. The van der Waals surface area contributed by atoms with Crippen LogP contribution >= 0.6 is 0 Å². The van der Waals surface area contributed by atoms with Crippen LogP contribution in [0.4, 0.5) is 11.5 Å². The number of hydrogen-bond acceptors (Lipinski definition) is 7. The zero-order valence-corrected chi connectivity index (χ0v) is 11.7. The van der Waals surface area contributed by atoms with Crippen molar-refractivity contribution in [2.24, 2.45) is 0 Å². The average Bonchev–Trinajstić information content (AvgIpc) is 2.52. The Morgan fingerprint density at radius 3 is 2.86 bits per heavy atom. The van der Waals surface area contributed by atoms with E-state index in [0.717, 1.165) is 13.1 Å². The highest BCUT2D eigenvalue weighted by Gasteiger charge is 2.20. The molecule has 1 aliphatic heterocycles. The van der Waals surface area contributed by atoms with Crippen LogP contribution in [0.2, 0.25) is 0 Å². The summed E-state index contributed by atoms with van der Waals surface area (Å²) in [6, 6.07) is 2.70. The third-order valence-corrected chi connectivity index (χ3v) is 3.13. The zero-order chi connectivity index (χ0) is 15.2. The van der Waals surface area contributed by atoms with Gasteiger partial charge in [0.05, 0.1) is 18.6 Å². The number of anilines is 1. The lowest BCUT2D eigenvalue weighted by molar-refractivity contribution is -0.384. The van der Waals surface area contributed by atoms with E-state index in [9.17, 15) is 14.9 Å². The summed E-state index contributed by atoms with van der Waals surface area (Å²) in [4.78, 5) is 28.1. The minimum Gasteiger partial charge on any atom is -0.481 e. The van der Waals surface area contributed by atoms with Gasteiger partial charge in [0.1, 0.15) is 0 Å². The van der Waals surface area contributed by atoms with Crippen LogP contribution in [0.25, 0.3) is 0 Å². The van der Waals surface area contributed by atoms with Gasteiger partial charge in [-0.3, -0.25) is 14.9 Å². The van der Waals surface area contributed by atoms with Crippen LogP contribution in [-0.4, -0.2) is 60.5 Å². The molecule has 0 aliphatic carbocycles. The molecule has 0 radical (unpaired) electrons. The van der Waals surface area contributed by atoms with Gasteiger partial charge in [-0.2, -0.15) is 4.98 Å². The number of ether oxygens (including phenoxy) is 1. The van der Waals surface area contributed by atoms with E-state index in [1.807, 2.05) is 0 Å². The molecule has 2 rings (SSSR count). The van der Waals surface area contributed by atoms with Gasteiger partial charge in [0.15, 0.2) is 0 Å². The van der Waals surface area contributed by atoms with Gasteiger partial charge in [-0.05, 0) is 0 Å². The Balaban J connectivity index is 2.04. The first-order valence-corrected chi connectivity index (χ1v) is 6.53. The maximum Gasteiger partial charge on any atom is 0.311 e. The fourth-order valence-electron chi connectivity index (χ4n) is 2.01. The third-order valence-electron chi connectivity index (χ3n) is 3.13. The number of nitrogens with zero attached hydrogens (tertiary/aromatic N) is 3. The number of amides is 1. The first kappa shape index (κ1) is 15.0. The minimum absolute atomic E-state index is 0.0304. The van der Waals surface area contributed by atoms with Crippen molar-refractivity contribution in [2.45, 2.75) is 0 Å². The van der Waals surface area contributed by atoms with E-state index in [-0.39, 0.29) is 29.8 Å². The number of piperazine rings is 1. The summed E-state index contributed by atoms with van der Waals surface area (Å²) in [7, 11) is 1.42. The van der Waals surface area contributed by atoms with E-state index < -0.39 is 4.92 Å². The van der Waals surface area contributed by atoms with Crippen LogP contribution in [-0.2, 0) is 4.79 Å². The normalized spacial score (nSPS) is 14.6. The second-order valence-corrected chi connectivity index (χ2v) is 4.46. The van der Waals surface area contributed by atoms with Crippen LogP contribution in [0.5, 0.6) is 5.88 Å². The zero-order valence-electron chi connectivity index (χ0n) is 11.7. The molecule has 1 aromatic heterocycles. The second kappa shape index (κ2) is 6.84. The number of pyridine rings is 1. The molecular weight excluding hydrogens is 278 g/mol. The summed E-state index contributed by atoms with van der Waals surface area (Å²) in [5, 5.41) is 16.8. The van der Waals surface area contributed by atoms with E-state index in [1.165, 1.54) is 19.2 Å². The molecule has 9 heteroatoms. The van der Waals surface area contributed by atoms with Gasteiger partial charge >= 0.3 is 5.69 Å². The molecule has 9 nitrogen and oxygen atoms in total. The third kappa shape index (κ3) is 3.78. The molecule has 0 spiro atoms. The van der Waals surface area contributed by atoms with Crippen LogP contribution in [0.15, 0.2) is 12.1 Å². The van der Waals surface area contributed by atoms with Gasteiger partial charge in [0.2, 0.25) is 17.6 Å². The monoisotopic (exact) mass is 295 g/mol. The highest BCUT2D eigenvalue weighted by atomic mass is 16.6. The number of carbonyl (C=O) groups excluding carboxylic acids is 1. The molecule has 0 unspecified atom stereocenters. The quantitative estimate of drug-likeness (QED) is 0.574. The summed E-state index contributed by atoms with van der Waals surface area (Å²) in [5.41, 5.74) is -0.191. The van der Waals surface area contributed by atoms with Crippen LogP contribution in [0, 0.1) is 10.1 Å². The summed E-state index contributed by atoms with van der Waals surface area (Å²) < 4.78 is 4.94. The topological polar surface area (TPSA) is 110 Å². The number of hydrogen-bond donors (Lipinski definition) is 2. The van der Waals surface area contributed by atoms with Crippen molar-refractivity contribution in [1.82, 2.24) is 15.2 Å². The van der Waals surface area contributed by atoms with E-state index in [4.69, 9.17) is 4.74 Å². The van der Waals surface area contributed by atoms with Crippen molar-refractivity contribution in [3.05, 3.63) is 22.2 Å². The molecule has 0 atom stereocenters. The van der Waals surface area contributed by atoms with Gasteiger partial charge in [0, 0.05) is 38.3 Å². The molecule has 0 bridgehead atoms. The minimum atomic E-state index is -0.552. The number of nitrogens with one attached hydrogen (secondary N) is 2. The molecule has 1 fully saturated rings. The first-order chi connectivity index (χ1) is 10.1. The average molecular weight is 295 g/mol. The molecule has 1 aromatic rings. The Labute approximate surface area is 121 Å². The standard InChI is InChI=1S/C12H17N5O4/c1-21-10-3-2-9(17(19)20)12(15-10)14-8-11(18)16-6-4-13-5-7-16/h2-3,13H,4-8H2,1H3,(H,14,15). The van der Waals surface area contributed by atoms with E-state index in [0.29, 0.717) is 13.1 Å². The maximum atomic E-state index is 12.0. The Morgan fingerprint density at radius 2 is 2.24 bits per heavy atom. The summed E-state index contributed by atoms with van der Waals surface area (Å²) in [6.45, 7) is 2.73. The van der Waals surface area contributed by atoms with Gasteiger partial charge < -0.3 is 20.3 Å². The number of rotatable bonds is 5. The number of methoxy groups -OCH3 is 1. The lowest BCUT2D eigenvalue weighted by atomic mass is 10.3. The predicted octanol–water partition coefficient (Wildman–Crippen LogP) is -0.158. The van der Waals surface area contributed by atoms with E-state index >= 15 is 0 Å². The Morgan fingerprint density at radius 1 is 1.52 bits per heavy atom. The lowest BCUT2D eigenvalue weighted by Gasteiger charge is -2.27. The highest BCUT2D eigenvalue weighted by molar-refractivity contribution is 5.81. The smallest absolute Gasteiger partial charge is 0.311 e. The Kier molecular flexibility index (Phi) is 4.88. The van der Waals surface area contributed by atoms with E-state index in [2.05, 4.69) is 15.6 Å². The molecule has 1 aliphatic rings. The summed E-state index contributed by atoms with van der Waals surface area (Å²) in [5.74, 6) is 0.163. The van der Waals surface area contributed by atoms with Crippen molar-refractivity contribution < 1.29 is 14.5 Å². The molecule has 2 N–H and O–H groups in total. The lowest BCUT2D eigenvalue weighted by Crippen LogP contribution is -2.48. The number of aromatic nitrogens is 1. The number of nitro groups is 1. The number of carbonyl (C=O) groups is 1. The SMILES string of the molecule is COc1ccc([N+](=O)[O-])c(NCC(=O)N2CCNCC2)n1. The van der Waals surface area contributed by atoms with Crippen LogP contribution in [0.1, 0.15) is 0 Å². The largest absolute Gasteiger partial charge is 0.481 e. The van der Waals surface area contributed by atoms with Crippen molar-refractivity contribution in [1.29, 1.82) is 0 Å². The molecule has 0 saturated carbocycles. The predicted molar refractivity (Wildman–Crippen MR) is 75.4 cm³/mol. The molecule has 1 amide bonds. The van der Waals surface area contributed by atoms with Crippen molar-refractivity contribution >= 4 is 17.4 Å². The van der Waals surface area contributed by atoms with Gasteiger partial charge in [0.25, 0.3) is 0 Å². The van der Waals surface area contributed by atoms with E-state index in [1.54, 1.807) is 4.90 Å². The molecule has 0 aromatic carbocycles. The molecule has 1 saturated heterocycles. The Hall–Kier alpha value is -2.42. The van der Waals surface area contributed by atoms with Crippen molar-refractivity contribution in [3.8, 4) is 5.88 Å². The van der Waals surface area contributed by atoms with Gasteiger partial charge in [-0.1, -0.05) is 0 Å². The second-order valence-electron chi connectivity index (χ2n) is 4.46.